The van der Waals surface area contributed by atoms with E-state index in [-0.39, 0.29) is 0 Å². The molecule has 0 radical (unpaired) electrons. The van der Waals surface area contributed by atoms with Crippen molar-refractivity contribution in [3.8, 4) is 0 Å². The van der Waals surface area contributed by atoms with Crippen LogP contribution in [0.4, 0.5) is 0 Å². The van der Waals surface area contributed by atoms with E-state index in [1.165, 1.54) is 0 Å². The number of pyridine rings is 1. The standard InChI is InChI=1S/C9H11N3/c1-4-11-9(12-5-1)8-2-6-10-7-3-8/h2-3,6-7H,1,4-5H2,(H,11,12). The number of nitrogens with one attached hydrogen (secondary N) is 1. The van der Waals surface area contributed by atoms with Crippen molar-refractivity contribution in [2.75, 3.05) is 13.1 Å². The molecule has 3 heteroatoms. The van der Waals surface area contributed by atoms with E-state index in [4.69, 9.17) is 0 Å². The third-order valence-corrected chi connectivity index (χ3v) is 1.85. The Morgan fingerprint density at radius 3 is 2.75 bits per heavy atom. The van der Waals surface area contributed by atoms with Crippen molar-refractivity contribution >= 4 is 5.84 Å². The maximum Gasteiger partial charge on any atom is 0.128 e. The molecule has 1 aromatic rings. The summed E-state index contributed by atoms with van der Waals surface area (Å²) < 4.78 is 0. The minimum absolute atomic E-state index is 0.935. The van der Waals surface area contributed by atoms with Gasteiger partial charge in [0.25, 0.3) is 0 Å². The molecule has 0 fully saturated rings. The van der Waals surface area contributed by atoms with Crippen molar-refractivity contribution in [3.63, 3.8) is 0 Å². The molecule has 0 spiro atoms. The van der Waals surface area contributed by atoms with Gasteiger partial charge in [-0.25, -0.2) is 0 Å². The Kier molecular flexibility index (Phi) is 2.03. The van der Waals surface area contributed by atoms with Crippen LogP contribution in [0.3, 0.4) is 0 Å². The summed E-state index contributed by atoms with van der Waals surface area (Å²) in [4.78, 5) is 8.33. The van der Waals surface area contributed by atoms with Gasteiger partial charge >= 0.3 is 0 Å². The summed E-state index contributed by atoms with van der Waals surface area (Å²) in [7, 11) is 0. The average Bonchev–Trinajstić information content (AvgIpc) is 2.21. The van der Waals surface area contributed by atoms with Gasteiger partial charge in [0.2, 0.25) is 0 Å². The molecule has 0 saturated carbocycles. The van der Waals surface area contributed by atoms with Crippen LogP contribution in [0.15, 0.2) is 29.5 Å². The Bertz CT molecular complexity index is 279. The fraction of sp³-hybridized carbons (Fsp3) is 0.333. The van der Waals surface area contributed by atoms with Crippen molar-refractivity contribution in [1.82, 2.24) is 10.3 Å². The van der Waals surface area contributed by atoms with Crippen molar-refractivity contribution in [3.05, 3.63) is 30.1 Å². The topological polar surface area (TPSA) is 37.3 Å². The van der Waals surface area contributed by atoms with E-state index in [9.17, 15) is 0 Å². The van der Waals surface area contributed by atoms with E-state index in [1.54, 1.807) is 12.4 Å². The Labute approximate surface area is 71.6 Å². The van der Waals surface area contributed by atoms with Gasteiger partial charge in [0.15, 0.2) is 0 Å². The second-order valence-electron chi connectivity index (χ2n) is 2.75. The van der Waals surface area contributed by atoms with Crippen molar-refractivity contribution in [2.45, 2.75) is 6.42 Å². The van der Waals surface area contributed by atoms with Crippen LogP contribution in [0.25, 0.3) is 0 Å². The van der Waals surface area contributed by atoms with E-state index in [0.29, 0.717) is 0 Å². The van der Waals surface area contributed by atoms with E-state index in [0.717, 1.165) is 30.9 Å². The molecule has 0 amide bonds. The van der Waals surface area contributed by atoms with Crippen LogP contribution in [0.2, 0.25) is 0 Å². The minimum Gasteiger partial charge on any atom is -0.370 e. The zero-order valence-corrected chi connectivity index (χ0v) is 6.83. The van der Waals surface area contributed by atoms with Gasteiger partial charge in [-0.2, -0.15) is 0 Å². The quantitative estimate of drug-likeness (QED) is 0.662. The molecular weight excluding hydrogens is 150 g/mol. The first-order valence-electron chi connectivity index (χ1n) is 4.15. The number of rotatable bonds is 1. The highest BCUT2D eigenvalue weighted by molar-refractivity contribution is 5.98. The third kappa shape index (κ3) is 1.44. The lowest BCUT2D eigenvalue weighted by Gasteiger charge is -2.13. The number of aliphatic imine (C=N–C) groups is 1. The highest BCUT2D eigenvalue weighted by Crippen LogP contribution is 2.00. The van der Waals surface area contributed by atoms with Crippen molar-refractivity contribution in [1.29, 1.82) is 0 Å². The zero-order chi connectivity index (χ0) is 8.23. The van der Waals surface area contributed by atoms with Crippen LogP contribution < -0.4 is 5.32 Å². The predicted molar refractivity (Wildman–Crippen MR) is 48.3 cm³/mol. The molecular formula is C9H11N3. The summed E-state index contributed by atoms with van der Waals surface area (Å²) in [6.07, 6.45) is 4.71. The molecule has 0 aliphatic carbocycles. The first-order chi connectivity index (χ1) is 5.97. The number of hydrogen-bond donors (Lipinski definition) is 1. The Balaban J connectivity index is 2.24. The fourth-order valence-electron chi connectivity index (χ4n) is 1.24. The highest BCUT2D eigenvalue weighted by Gasteiger charge is 2.04. The van der Waals surface area contributed by atoms with Crippen LogP contribution in [0, 0.1) is 0 Å². The lowest BCUT2D eigenvalue weighted by Crippen LogP contribution is -2.30. The van der Waals surface area contributed by atoms with Gasteiger partial charge in [-0.15, -0.1) is 0 Å². The summed E-state index contributed by atoms with van der Waals surface area (Å²) in [5, 5.41) is 3.26. The summed E-state index contributed by atoms with van der Waals surface area (Å²) in [6, 6.07) is 3.94. The molecule has 1 N–H and O–H groups in total. The Morgan fingerprint density at radius 2 is 2.08 bits per heavy atom. The number of amidine groups is 1. The molecule has 0 unspecified atom stereocenters. The first kappa shape index (κ1) is 7.28. The molecule has 2 rings (SSSR count). The largest absolute Gasteiger partial charge is 0.370 e. The molecule has 0 aromatic carbocycles. The van der Waals surface area contributed by atoms with Gasteiger partial charge in [0.1, 0.15) is 5.84 Å². The molecule has 1 aliphatic rings. The molecule has 0 atom stereocenters. The maximum absolute atomic E-state index is 4.38. The van der Waals surface area contributed by atoms with Gasteiger partial charge in [-0.05, 0) is 18.6 Å². The van der Waals surface area contributed by atoms with E-state index in [2.05, 4.69) is 15.3 Å². The average molecular weight is 161 g/mol. The van der Waals surface area contributed by atoms with Gasteiger partial charge in [0, 0.05) is 31.0 Å². The SMILES string of the molecule is c1cc(C2=NCCCN2)ccn1. The van der Waals surface area contributed by atoms with Crippen LogP contribution in [0.5, 0.6) is 0 Å². The monoisotopic (exact) mass is 161 g/mol. The smallest absolute Gasteiger partial charge is 0.128 e. The predicted octanol–water partition coefficient (Wildman–Crippen LogP) is 0.821. The highest BCUT2D eigenvalue weighted by atomic mass is 15.0. The van der Waals surface area contributed by atoms with Crippen LogP contribution in [0.1, 0.15) is 12.0 Å². The van der Waals surface area contributed by atoms with Crippen LogP contribution in [-0.4, -0.2) is 23.9 Å². The lowest BCUT2D eigenvalue weighted by molar-refractivity contribution is 0.742. The van der Waals surface area contributed by atoms with E-state index in [1.807, 2.05) is 12.1 Å². The normalized spacial score (nSPS) is 16.5. The van der Waals surface area contributed by atoms with Gasteiger partial charge in [0.05, 0.1) is 0 Å². The maximum atomic E-state index is 4.38. The van der Waals surface area contributed by atoms with E-state index >= 15 is 0 Å². The molecule has 12 heavy (non-hydrogen) atoms. The Hall–Kier alpha value is -1.38. The van der Waals surface area contributed by atoms with Gasteiger partial charge < -0.3 is 5.32 Å². The number of aromatic nitrogens is 1. The lowest BCUT2D eigenvalue weighted by atomic mass is 10.2. The second-order valence-corrected chi connectivity index (χ2v) is 2.75. The van der Waals surface area contributed by atoms with Crippen molar-refractivity contribution < 1.29 is 0 Å². The van der Waals surface area contributed by atoms with E-state index < -0.39 is 0 Å². The molecule has 2 heterocycles. The summed E-state index contributed by atoms with van der Waals surface area (Å²) in [5.74, 6) is 1.00. The minimum atomic E-state index is 0.935. The second kappa shape index (κ2) is 3.34. The first-order valence-corrected chi connectivity index (χ1v) is 4.15. The fourth-order valence-corrected chi connectivity index (χ4v) is 1.24. The molecule has 3 nitrogen and oxygen atoms in total. The number of hydrogen-bond acceptors (Lipinski definition) is 3. The van der Waals surface area contributed by atoms with Crippen LogP contribution >= 0.6 is 0 Å². The Morgan fingerprint density at radius 1 is 1.25 bits per heavy atom. The molecule has 62 valence electrons. The molecule has 0 bridgehead atoms. The summed E-state index contributed by atoms with van der Waals surface area (Å²) in [5.41, 5.74) is 1.13. The zero-order valence-electron chi connectivity index (χ0n) is 6.83. The number of nitrogens with zero attached hydrogens (tertiary/aromatic N) is 2. The molecule has 0 saturated heterocycles. The summed E-state index contributed by atoms with van der Waals surface area (Å²) in [6.45, 7) is 1.96. The van der Waals surface area contributed by atoms with Crippen molar-refractivity contribution in [2.24, 2.45) is 4.99 Å². The summed E-state index contributed by atoms with van der Waals surface area (Å²) >= 11 is 0. The third-order valence-electron chi connectivity index (χ3n) is 1.85. The van der Waals surface area contributed by atoms with Crippen LogP contribution in [-0.2, 0) is 0 Å². The molecule has 1 aromatic heterocycles. The van der Waals surface area contributed by atoms with Gasteiger partial charge in [-0.3, -0.25) is 9.98 Å². The molecule has 1 aliphatic heterocycles. The van der Waals surface area contributed by atoms with Gasteiger partial charge in [-0.1, -0.05) is 0 Å².